The van der Waals surface area contributed by atoms with E-state index in [2.05, 4.69) is 16.4 Å². The van der Waals surface area contributed by atoms with Crippen molar-refractivity contribution < 1.29 is 0 Å². The average Bonchev–Trinajstić information content (AvgIpc) is 2.67. The highest BCUT2D eigenvalue weighted by Crippen LogP contribution is 2.22. The Morgan fingerprint density at radius 3 is 3.12 bits per heavy atom. The second kappa shape index (κ2) is 5.02. The molecule has 0 aliphatic heterocycles. The third-order valence-corrected chi connectivity index (χ3v) is 2.74. The number of fused-ring (bicyclic) bond motifs is 1. The molecular formula is C12H12ClN3. The lowest BCUT2D eigenvalue weighted by Crippen LogP contribution is -2.16. The lowest BCUT2D eigenvalue weighted by atomic mass is 10.1. The summed E-state index contributed by atoms with van der Waals surface area (Å²) in [5.41, 5.74) is 2.32. The molecule has 0 unspecified atom stereocenters. The number of nitrogens with one attached hydrogen (secondary N) is 2. The molecule has 2 rings (SSSR count). The van der Waals surface area contributed by atoms with Gasteiger partial charge in [0, 0.05) is 28.7 Å². The van der Waals surface area contributed by atoms with Crippen molar-refractivity contribution in [1.82, 2.24) is 10.3 Å². The van der Waals surface area contributed by atoms with Gasteiger partial charge in [-0.05, 0) is 30.2 Å². The van der Waals surface area contributed by atoms with Gasteiger partial charge >= 0.3 is 0 Å². The van der Waals surface area contributed by atoms with Crippen molar-refractivity contribution in [3.63, 3.8) is 0 Å². The summed E-state index contributed by atoms with van der Waals surface area (Å²) in [5, 5.41) is 13.3. The van der Waals surface area contributed by atoms with E-state index in [1.807, 2.05) is 24.4 Å². The second-order valence-corrected chi connectivity index (χ2v) is 4.03. The van der Waals surface area contributed by atoms with Crippen molar-refractivity contribution in [3.05, 3.63) is 35.0 Å². The topological polar surface area (TPSA) is 51.6 Å². The highest BCUT2D eigenvalue weighted by molar-refractivity contribution is 6.31. The number of aromatic amines is 1. The molecule has 0 saturated heterocycles. The van der Waals surface area contributed by atoms with Crippen molar-refractivity contribution in [2.75, 3.05) is 13.1 Å². The van der Waals surface area contributed by atoms with Crippen LogP contribution in [0.4, 0.5) is 0 Å². The van der Waals surface area contributed by atoms with Crippen LogP contribution in [0.15, 0.2) is 24.4 Å². The van der Waals surface area contributed by atoms with Crippen LogP contribution >= 0.6 is 11.6 Å². The number of benzene rings is 1. The fourth-order valence-electron chi connectivity index (χ4n) is 1.72. The van der Waals surface area contributed by atoms with Gasteiger partial charge in [-0.3, -0.25) is 0 Å². The van der Waals surface area contributed by atoms with E-state index in [4.69, 9.17) is 16.9 Å². The molecule has 2 N–H and O–H groups in total. The summed E-state index contributed by atoms with van der Waals surface area (Å²) in [7, 11) is 0. The average molecular weight is 234 g/mol. The van der Waals surface area contributed by atoms with E-state index in [9.17, 15) is 0 Å². The first-order valence-corrected chi connectivity index (χ1v) is 5.52. The van der Waals surface area contributed by atoms with Gasteiger partial charge < -0.3 is 10.3 Å². The first-order valence-electron chi connectivity index (χ1n) is 5.14. The Labute approximate surface area is 99.0 Å². The maximum absolute atomic E-state index is 8.40. The SMILES string of the molecule is N#CCNCCc1c[nH]c2ccc(Cl)cc12. The minimum absolute atomic E-state index is 0.392. The van der Waals surface area contributed by atoms with Crippen LogP contribution in [0.25, 0.3) is 10.9 Å². The number of aromatic nitrogens is 1. The van der Waals surface area contributed by atoms with Gasteiger partial charge in [0.25, 0.3) is 0 Å². The lowest BCUT2D eigenvalue weighted by molar-refractivity contribution is 0.752. The number of rotatable bonds is 4. The molecule has 3 nitrogen and oxygen atoms in total. The van der Waals surface area contributed by atoms with Crippen molar-refractivity contribution in [3.8, 4) is 6.07 Å². The molecule has 0 aliphatic rings. The normalized spacial score (nSPS) is 10.5. The van der Waals surface area contributed by atoms with Crippen molar-refractivity contribution >= 4 is 22.5 Å². The van der Waals surface area contributed by atoms with Crippen LogP contribution in [-0.2, 0) is 6.42 Å². The molecule has 0 atom stereocenters. The third kappa shape index (κ3) is 2.35. The summed E-state index contributed by atoms with van der Waals surface area (Å²) in [6.45, 7) is 1.19. The van der Waals surface area contributed by atoms with Crippen molar-refractivity contribution in [1.29, 1.82) is 5.26 Å². The lowest BCUT2D eigenvalue weighted by Gasteiger charge is -2.00. The molecule has 0 radical (unpaired) electrons. The van der Waals surface area contributed by atoms with Crippen LogP contribution in [0.5, 0.6) is 0 Å². The largest absolute Gasteiger partial charge is 0.361 e. The minimum Gasteiger partial charge on any atom is -0.361 e. The van der Waals surface area contributed by atoms with Crippen LogP contribution in [0.1, 0.15) is 5.56 Å². The zero-order valence-electron chi connectivity index (χ0n) is 8.76. The molecule has 0 aliphatic carbocycles. The second-order valence-electron chi connectivity index (χ2n) is 3.59. The Hall–Kier alpha value is -1.50. The van der Waals surface area contributed by atoms with Gasteiger partial charge in [0.05, 0.1) is 12.6 Å². The van der Waals surface area contributed by atoms with Gasteiger partial charge in [0.15, 0.2) is 0 Å². The highest BCUT2D eigenvalue weighted by Gasteiger charge is 2.03. The number of hydrogen-bond acceptors (Lipinski definition) is 2. The molecule has 2 aromatic rings. The molecule has 0 saturated carbocycles. The fraction of sp³-hybridized carbons (Fsp3) is 0.250. The fourth-order valence-corrected chi connectivity index (χ4v) is 1.90. The summed E-state index contributed by atoms with van der Waals surface area (Å²) >= 11 is 5.96. The van der Waals surface area contributed by atoms with Crippen LogP contribution in [0, 0.1) is 11.3 Å². The van der Waals surface area contributed by atoms with E-state index >= 15 is 0 Å². The van der Waals surface area contributed by atoms with Crippen molar-refractivity contribution in [2.24, 2.45) is 0 Å². The summed E-state index contributed by atoms with van der Waals surface area (Å²) in [4.78, 5) is 3.20. The van der Waals surface area contributed by atoms with E-state index in [0.717, 1.165) is 28.9 Å². The standard InChI is InChI=1S/C12H12ClN3/c13-10-1-2-12-11(7-10)9(8-16-12)3-5-15-6-4-14/h1-2,7-8,15-16H,3,5-6H2. The highest BCUT2D eigenvalue weighted by atomic mass is 35.5. The number of hydrogen-bond donors (Lipinski definition) is 2. The molecular weight excluding hydrogens is 222 g/mol. The quantitative estimate of drug-likeness (QED) is 0.630. The van der Waals surface area contributed by atoms with E-state index in [0.29, 0.717) is 6.54 Å². The van der Waals surface area contributed by atoms with Gasteiger partial charge in [-0.2, -0.15) is 5.26 Å². The first-order chi connectivity index (χ1) is 7.81. The van der Waals surface area contributed by atoms with Crippen LogP contribution < -0.4 is 5.32 Å². The molecule has 4 heteroatoms. The molecule has 1 heterocycles. The Morgan fingerprint density at radius 2 is 2.31 bits per heavy atom. The maximum Gasteiger partial charge on any atom is 0.0841 e. The number of H-pyrrole nitrogens is 1. The number of nitriles is 1. The van der Waals surface area contributed by atoms with E-state index in [1.165, 1.54) is 5.56 Å². The van der Waals surface area contributed by atoms with E-state index in [-0.39, 0.29) is 0 Å². The monoisotopic (exact) mass is 233 g/mol. The molecule has 0 amide bonds. The molecule has 1 aromatic carbocycles. The third-order valence-electron chi connectivity index (χ3n) is 2.50. The van der Waals surface area contributed by atoms with E-state index in [1.54, 1.807) is 0 Å². The molecule has 16 heavy (non-hydrogen) atoms. The first kappa shape index (κ1) is 11.0. The van der Waals surface area contributed by atoms with Crippen LogP contribution in [-0.4, -0.2) is 18.1 Å². The van der Waals surface area contributed by atoms with Crippen LogP contribution in [0.3, 0.4) is 0 Å². The summed E-state index contributed by atoms with van der Waals surface area (Å²) < 4.78 is 0. The predicted molar refractivity (Wildman–Crippen MR) is 65.5 cm³/mol. The Kier molecular flexibility index (Phi) is 3.45. The minimum atomic E-state index is 0.392. The molecule has 82 valence electrons. The number of nitrogens with zero attached hydrogens (tertiary/aromatic N) is 1. The zero-order valence-corrected chi connectivity index (χ0v) is 9.51. The Balaban J connectivity index is 2.12. The summed E-state index contributed by atoms with van der Waals surface area (Å²) in [6.07, 6.45) is 2.89. The summed E-state index contributed by atoms with van der Waals surface area (Å²) in [6, 6.07) is 7.87. The smallest absolute Gasteiger partial charge is 0.0841 e. The van der Waals surface area contributed by atoms with Gasteiger partial charge in [0.1, 0.15) is 0 Å². The van der Waals surface area contributed by atoms with E-state index < -0.39 is 0 Å². The van der Waals surface area contributed by atoms with Gasteiger partial charge in [-0.25, -0.2) is 0 Å². The molecule has 0 fully saturated rings. The van der Waals surface area contributed by atoms with Gasteiger partial charge in [0.2, 0.25) is 0 Å². The van der Waals surface area contributed by atoms with Gasteiger partial charge in [-0.1, -0.05) is 11.6 Å². The van der Waals surface area contributed by atoms with Gasteiger partial charge in [-0.15, -0.1) is 0 Å². The molecule has 0 spiro atoms. The van der Waals surface area contributed by atoms with Crippen LogP contribution in [0.2, 0.25) is 5.02 Å². The van der Waals surface area contributed by atoms with Crippen molar-refractivity contribution in [2.45, 2.75) is 6.42 Å². The Bertz CT molecular complexity index is 525. The molecule has 0 bridgehead atoms. The zero-order chi connectivity index (χ0) is 11.4. The maximum atomic E-state index is 8.40. The Morgan fingerprint density at radius 1 is 1.44 bits per heavy atom. The molecule has 1 aromatic heterocycles. The number of halogens is 1. The summed E-state index contributed by atoms with van der Waals surface area (Å²) in [5.74, 6) is 0. The predicted octanol–water partition coefficient (Wildman–Crippen LogP) is 2.48.